The molecule has 0 aliphatic carbocycles. The zero-order valence-electron chi connectivity index (χ0n) is 11.5. The highest BCUT2D eigenvalue weighted by Crippen LogP contribution is 2.18. The molecule has 4 nitrogen and oxygen atoms in total. The summed E-state index contributed by atoms with van der Waals surface area (Å²) in [5.41, 5.74) is 0.414. The molecule has 0 aliphatic rings. The van der Waals surface area contributed by atoms with Crippen molar-refractivity contribution in [2.45, 2.75) is 53.1 Å². The standard InChI is InChI=1S/C13H22ClN3O/c1-5-10(6-2)16-11-7-15-17(8-9(3)4)13(18)12(11)14/h7,9-10,16H,5-6,8H2,1-4H3. The summed E-state index contributed by atoms with van der Waals surface area (Å²) < 4.78 is 1.42. The Balaban J connectivity index is 2.97. The summed E-state index contributed by atoms with van der Waals surface area (Å²) in [5, 5.41) is 7.65. The van der Waals surface area contributed by atoms with Gasteiger partial charge in [-0.25, -0.2) is 4.68 Å². The monoisotopic (exact) mass is 271 g/mol. The van der Waals surface area contributed by atoms with Gasteiger partial charge in [-0.15, -0.1) is 0 Å². The molecule has 1 rings (SSSR count). The third-order valence-corrected chi connectivity index (χ3v) is 3.23. The molecule has 0 aliphatic heterocycles. The molecular weight excluding hydrogens is 250 g/mol. The van der Waals surface area contributed by atoms with E-state index in [0.29, 0.717) is 24.2 Å². The summed E-state index contributed by atoms with van der Waals surface area (Å²) >= 11 is 6.10. The van der Waals surface area contributed by atoms with Gasteiger partial charge in [0.1, 0.15) is 5.02 Å². The Bertz CT molecular complexity index is 438. The van der Waals surface area contributed by atoms with Crippen LogP contribution in [0.25, 0.3) is 0 Å². The number of hydrogen-bond donors (Lipinski definition) is 1. The van der Waals surface area contributed by atoms with E-state index in [2.05, 4.69) is 24.3 Å². The summed E-state index contributed by atoms with van der Waals surface area (Å²) in [5.74, 6) is 0.365. The molecule has 18 heavy (non-hydrogen) atoms. The predicted molar refractivity (Wildman–Crippen MR) is 76.3 cm³/mol. The van der Waals surface area contributed by atoms with Crippen LogP contribution in [0, 0.1) is 5.92 Å². The van der Waals surface area contributed by atoms with Crippen molar-refractivity contribution in [3.63, 3.8) is 0 Å². The van der Waals surface area contributed by atoms with Crippen LogP contribution >= 0.6 is 11.6 Å². The molecule has 0 fully saturated rings. The van der Waals surface area contributed by atoms with Gasteiger partial charge >= 0.3 is 0 Å². The Morgan fingerprint density at radius 2 is 2.00 bits per heavy atom. The smallest absolute Gasteiger partial charge is 0.287 e. The van der Waals surface area contributed by atoms with Gasteiger partial charge in [-0.1, -0.05) is 39.3 Å². The fraction of sp³-hybridized carbons (Fsp3) is 0.692. The highest BCUT2D eigenvalue weighted by molar-refractivity contribution is 6.32. The van der Waals surface area contributed by atoms with Gasteiger partial charge in [0.25, 0.3) is 5.56 Å². The lowest BCUT2D eigenvalue weighted by Gasteiger charge is -2.17. The van der Waals surface area contributed by atoms with Crippen LogP contribution in [0.3, 0.4) is 0 Å². The first-order valence-corrected chi connectivity index (χ1v) is 6.89. The van der Waals surface area contributed by atoms with Gasteiger partial charge in [0, 0.05) is 12.6 Å². The van der Waals surface area contributed by atoms with Gasteiger partial charge < -0.3 is 5.32 Å². The second kappa shape index (κ2) is 6.78. The summed E-state index contributed by atoms with van der Waals surface area (Å²) in [6.07, 6.45) is 3.62. The Kier molecular flexibility index (Phi) is 5.66. The normalized spacial score (nSPS) is 11.3. The van der Waals surface area contributed by atoms with Crippen LogP contribution in [-0.2, 0) is 6.54 Å². The van der Waals surface area contributed by atoms with E-state index >= 15 is 0 Å². The molecule has 0 aromatic carbocycles. The quantitative estimate of drug-likeness (QED) is 0.865. The van der Waals surface area contributed by atoms with Crippen LogP contribution in [0.4, 0.5) is 5.69 Å². The van der Waals surface area contributed by atoms with E-state index in [-0.39, 0.29) is 10.6 Å². The number of aromatic nitrogens is 2. The van der Waals surface area contributed by atoms with Crippen LogP contribution in [0.1, 0.15) is 40.5 Å². The Labute approximate surface area is 113 Å². The van der Waals surface area contributed by atoms with Crippen molar-refractivity contribution < 1.29 is 0 Å². The van der Waals surface area contributed by atoms with Crippen molar-refractivity contribution in [1.29, 1.82) is 0 Å². The van der Waals surface area contributed by atoms with Gasteiger partial charge in [0.15, 0.2) is 0 Å². The maximum atomic E-state index is 12.0. The molecule has 0 spiro atoms. The predicted octanol–water partition coefficient (Wildman–Crippen LogP) is 3.15. The fourth-order valence-electron chi connectivity index (χ4n) is 1.75. The number of anilines is 1. The van der Waals surface area contributed by atoms with Crippen molar-refractivity contribution in [3.8, 4) is 0 Å². The molecule has 1 N–H and O–H groups in total. The van der Waals surface area contributed by atoms with Gasteiger partial charge in [0.2, 0.25) is 0 Å². The van der Waals surface area contributed by atoms with Crippen LogP contribution in [0.15, 0.2) is 11.0 Å². The summed E-state index contributed by atoms with van der Waals surface area (Å²) in [6, 6.07) is 0.324. The molecule has 1 aromatic heterocycles. The molecule has 0 atom stereocenters. The number of nitrogens with one attached hydrogen (secondary N) is 1. The Morgan fingerprint density at radius 1 is 1.39 bits per heavy atom. The maximum absolute atomic E-state index is 12.0. The first-order valence-electron chi connectivity index (χ1n) is 6.51. The highest BCUT2D eigenvalue weighted by atomic mass is 35.5. The zero-order chi connectivity index (χ0) is 13.7. The molecular formula is C13H22ClN3O. The van der Waals surface area contributed by atoms with Crippen molar-refractivity contribution >= 4 is 17.3 Å². The number of rotatable bonds is 6. The highest BCUT2D eigenvalue weighted by Gasteiger charge is 2.12. The lowest BCUT2D eigenvalue weighted by atomic mass is 10.1. The molecule has 1 heterocycles. The largest absolute Gasteiger partial charge is 0.380 e. The van der Waals surface area contributed by atoms with Gasteiger partial charge in [0.05, 0.1) is 11.9 Å². The average molecular weight is 272 g/mol. The van der Waals surface area contributed by atoms with E-state index in [4.69, 9.17) is 11.6 Å². The van der Waals surface area contributed by atoms with E-state index in [1.165, 1.54) is 4.68 Å². The lowest BCUT2D eigenvalue weighted by Crippen LogP contribution is -2.27. The number of halogens is 1. The third-order valence-electron chi connectivity index (χ3n) is 2.87. The zero-order valence-corrected chi connectivity index (χ0v) is 12.3. The third kappa shape index (κ3) is 3.73. The minimum atomic E-state index is -0.221. The molecule has 0 radical (unpaired) electrons. The summed E-state index contributed by atoms with van der Waals surface area (Å²) in [6.45, 7) is 8.87. The van der Waals surface area contributed by atoms with Crippen molar-refractivity contribution in [2.75, 3.05) is 5.32 Å². The van der Waals surface area contributed by atoms with Crippen LogP contribution in [-0.4, -0.2) is 15.8 Å². The van der Waals surface area contributed by atoms with Gasteiger partial charge in [-0.2, -0.15) is 5.10 Å². The fourth-order valence-corrected chi connectivity index (χ4v) is 1.96. The van der Waals surface area contributed by atoms with E-state index in [1.807, 2.05) is 13.8 Å². The average Bonchev–Trinajstić information content (AvgIpc) is 2.34. The summed E-state index contributed by atoms with van der Waals surface area (Å²) in [4.78, 5) is 12.0. The SMILES string of the molecule is CCC(CC)Nc1cnn(CC(C)C)c(=O)c1Cl. The molecule has 0 saturated carbocycles. The Morgan fingerprint density at radius 3 is 2.50 bits per heavy atom. The topological polar surface area (TPSA) is 46.9 Å². The van der Waals surface area contributed by atoms with E-state index < -0.39 is 0 Å². The van der Waals surface area contributed by atoms with E-state index in [9.17, 15) is 4.79 Å². The molecule has 102 valence electrons. The number of nitrogens with zero attached hydrogens (tertiary/aromatic N) is 2. The lowest BCUT2D eigenvalue weighted by molar-refractivity contribution is 0.464. The van der Waals surface area contributed by atoms with Gasteiger partial charge in [-0.3, -0.25) is 4.79 Å². The van der Waals surface area contributed by atoms with Crippen molar-refractivity contribution in [3.05, 3.63) is 21.6 Å². The van der Waals surface area contributed by atoms with Crippen LogP contribution in [0.5, 0.6) is 0 Å². The van der Waals surface area contributed by atoms with Crippen molar-refractivity contribution in [2.24, 2.45) is 5.92 Å². The summed E-state index contributed by atoms with van der Waals surface area (Å²) in [7, 11) is 0. The maximum Gasteiger partial charge on any atom is 0.287 e. The minimum absolute atomic E-state index is 0.221. The molecule has 0 unspecified atom stereocenters. The van der Waals surface area contributed by atoms with Crippen LogP contribution in [0.2, 0.25) is 5.02 Å². The Hall–Kier alpha value is -1.03. The van der Waals surface area contributed by atoms with E-state index in [0.717, 1.165) is 12.8 Å². The second-order valence-electron chi connectivity index (χ2n) is 4.91. The molecule has 0 bridgehead atoms. The first-order chi connectivity index (χ1) is 8.49. The minimum Gasteiger partial charge on any atom is -0.380 e. The molecule has 0 saturated heterocycles. The molecule has 5 heteroatoms. The van der Waals surface area contributed by atoms with Crippen LogP contribution < -0.4 is 10.9 Å². The number of hydrogen-bond acceptors (Lipinski definition) is 3. The molecule has 1 aromatic rings. The first kappa shape index (κ1) is 15.0. The van der Waals surface area contributed by atoms with E-state index in [1.54, 1.807) is 6.20 Å². The van der Waals surface area contributed by atoms with Crippen molar-refractivity contribution in [1.82, 2.24) is 9.78 Å². The van der Waals surface area contributed by atoms with Gasteiger partial charge in [-0.05, 0) is 18.8 Å². The second-order valence-corrected chi connectivity index (χ2v) is 5.29. The molecule has 0 amide bonds.